The second-order valence-electron chi connectivity index (χ2n) is 7.19. The Morgan fingerprint density at radius 2 is 1.80 bits per heavy atom. The maximum atomic E-state index is 13.1. The topological polar surface area (TPSA) is 66.9 Å². The molecule has 2 amide bonds. The van der Waals surface area contributed by atoms with Crippen molar-refractivity contribution in [2.45, 2.75) is 6.54 Å². The van der Waals surface area contributed by atoms with Gasteiger partial charge in [0.25, 0.3) is 0 Å². The summed E-state index contributed by atoms with van der Waals surface area (Å²) in [7, 11) is 0. The predicted octanol–water partition coefficient (Wildman–Crippen LogP) is 3.91. The van der Waals surface area contributed by atoms with E-state index in [2.05, 4.69) is 27.3 Å². The molecule has 1 aromatic heterocycles. The minimum absolute atomic E-state index is 0.194. The number of rotatable bonds is 3. The van der Waals surface area contributed by atoms with E-state index in [-0.39, 0.29) is 6.03 Å². The van der Waals surface area contributed by atoms with Crippen LogP contribution in [0.1, 0.15) is 5.56 Å². The van der Waals surface area contributed by atoms with Crippen LogP contribution in [0.15, 0.2) is 66.9 Å². The molecule has 30 heavy (non-hydrogen) atoms. The second-order valence-corrected chi connectivity index (χ2v) is 7.19. The summed E-state index contributed by atoms with van der Waals surface area (Å²) in [5, 5.41) is 2.97. The van der Waals surface area contributed by atoms with Crippen LogP contribution in [0.3, 0.4) is 0 Å². The summed E-state index contributed by atoms with van der Waals surface area (Å²) >= 11 is 0. The van der Waals surface area contributed by atoms with Gasteiger partial charge in [-0.3, -0.25) is 4.90 Å². The van der Waals surface area contributed by atoms with Gasteiger partial charge in [-0.15, -0.1) is 0 Å². The summed E-state index contributed by atoms with van der Waals surface area (Å²) in [4.78, 5) is 21.6. The molecular formula is C23H22N4O3. The number of carbonyl (C=O) groups excluding carboxylic acids is 1. The van der Waals surface area contributed by atoms with Crippen molar-refractivity contribution in [3.8, 4) is 11.5 Å². The van der Waals surface area contributed by atoms with Gasteiger partial charge < -0.3 is 19.7 Å². The minimum Gasteiger partial charge on any atom is -0.486 e. The molecule has 0 radical (unpaired) electrons. The van der Waals surface area contributed by atoms with Crippen molar-refractivity contribution >= 4 is 23.2 Å². The van der Waals surface area contributed by atoms with Crippen LogP contribution in [-0.4, -0.2) is 37.3 Å². The van der Waals surface area contributed by atoms with Gasteiger partial charge in [-0.1, -0.05) is 30.3 Å². The van der Waals surface area contributed by atoms with Gasteiger partial charge in [-0.2, -0.15) is 0 Å². The number of carbonyl (C=O) groups is 1. The van der Waals surface area contributed by atoms with Crippen molar-refractivity contribution in [2.24, 2.45) is 0 Å². The van der Waals surface area contributed by atoms with Crippen molar-refractivity contribution < 1.29 is 14.3 Å². The molecule has 7 heteroatoms. The predicted molar refractivity (Wildman–Crippen MR) is 116 cm³/mol. The Labute approximate surface area is 174 Å². The Balaban J connectivity index is 1.35. The first-order chi connectivity index (χ1) is 14.8. The number of amides is 2. The van der Waals surface area contributed by atoms with E-state index in [1.807, 2.05) is 42.5 Å². The summed E-state index contributed by atoms with van der Waals surface area (Å²) in [6.45, 7) is 3.07. The Hall–Kier alpha value is -3.74. The number of pyridine rings is 1. The van der Waals surface area contributed by atoms with Crippen molar-refractivity contribution in [3.63, 3.8) is 0 Å². The molecule has 0 unspecified atom stereocenters. The number of anilines is 3. The molecule has 7 nitrogen and oxygen atoms in total. The van der Waals surface area contributed by atoms with Crippen molar-refractivity contribution in [2.75, 3.05) is 41.4 Å². The first kappa shape index (κ1) is 18.3. The molecular weight excluding hydrogens is 380 g/mol. The zero-order valence-electron chi connectivity index (χ0n) is 16.5. The number of nitrogens with zero attached hydrogens (tertiary/aromatic N) is 3. The van der Waals surface area contributed by atoms with Crippen LogP contribution in [-0.2, 0) is 6.54 Å². The second kappa shape index (κ2) is 7.94. The molecule has 2 aliphatic rings. The number of benzene rings is 2. The molecule has 0 atom stereocenters. The van der Waals surface area contributed by atoms with Gasteiger partial charge in [0.15, 0.2) is 17.3 Å². The normalized spacial score (nSPS) is 14.8. The summed E-state index contributed by atoms with van der Waals surface area (Å²) in [5.41, 5.74) is 2.68. The van der Waals surface area contributed by atoms with E-state index in [9.17, 15) is 4.79 Å². The molecule has 2 aromatic carbocycles. The highest BCUT2D eigenvalue weighted by Crippen LogP contribution is 2.34. The Kier molecular flexibility index (Phi) is 4.85. The summed E-state index contributed by atoms with van der Waals surface area (Å²) in [5.74, 6) is 2.15. The maximum Gasteiger partial charge on any atom is 0.326 e. The van der Waals surface area contributed by atoms with E-state index in [0.29, 0.717) is 43.5 Å². The molecule has 0 saturated heterocycles. The molecule has 1 N–H and O–H groups in total. The highest BCUT2D eigenvalue weighted by Gasteiger charge is 2.28. The van der Waals surface area contributed by atoms with E-state index in [4.69, 9.17) is 9.47 Å². The fourth-order valence-corrected chi connectivity index (χ4v) is 3.77. The lowest BCUT2D eigenvalue weighted by atomic mass is 10.2. The van der Waals surface area contributed by atoms with Crippen LogP contribution in [0.5, 0.6) is 11.5 Å². The number of fused-ring (bicyclic) bond motifs is 2. The Morgan fingerprint density at radius 1 is 0.967 bits per heavy atom. The quantitative estimate of drug-likeness (QED) is 0.720. The van der Waals surface area contributed by atoms with Gasteiger partial charge in [-0.25, -0.2) is 9.78 Å². The van der Waals surface area contributed by atoms with Crippen molar-refractivity contribution in [3.05, 3.63) is 72.4 Å². The molecule has 0 saturated carbocycles. The van der Waals surface area contributed by atoms with Crippen molar-refractivity contribution in [1.82, 2.24) is 4.98 Å². The molecule has 0 fully saturated rings. The zero-order chi connectivity index (χ0) is 20.3. The van der Waals surface area contributed by atoms with Crippen LogP contribution in [0.4, 0.5) is 22.0 Å². The zero-order valence-corrected chi connectivity index (χ0v) is 16.5. The maximum absolute atomic E-state index is 13.1. The fourth-order valence-electron chi connectivity index (χ4n) is 3.77. The lowest BCUT2D eigenvalue weighted by molar-refractivity contribution is 0.171. The number of ether oxygens (including phenoxy) is 2. The van der Waals surface area contributed by atoms with E-state index in [1.54, 1.807) is 17.2 Å². The smallest absolute Gasteiger partial charge is 0.326 e. The fraction of sp³-hybridized carbons (Fsp3) is 0.217. The van der Waals surface area contributed by atoms with Crippen LogP contribution in [0.2, 0.25) is 0 Å². The van der Waals surface area contributed by atoms with E-state index in [0.717, 1.165) is 18.1 Å². The van der Waals surface area contributed by atoms with Crippen LogP contribution in [0.25, 0.3) is 0 Å². The van der Waals surface area contributed by atoms with Gasteiger partial charge in [-0.05, 0) is 29.8 Å². The standard InChI is InChI=1S/C23H22N4O3/c28-23(25-18-8-9-20-21(15-18)30-14-13-29-20)27-12-11-26(16-17-5-2-1-3-6-17)22-19(27)7-4-10-24-22/h1-10,15H,11-14,16H2,(H,25,28). The molecule has 0 aliphatic carbocycles. The minimum atomic E-state index is -0.194. The summed E-state index contributed by atoms with van der Waals surface area (Å²) < 4.78 is 11.2. The average molecular weight is 402 g/mol. The molecule has 0 spiro atoms. The van der Waals surface area contributed by atoms with E-state index in [1.165, 1.54) is 5.56 Å². The Morgan fingerprint density at radius 3 is 2.67 bits per heavy atom. The van der Waals surface area contributed by atoms with Crippen LogP contribution >= 0.6 is 0 Å². The molecule has 5 rings (SSSR count). The van der Waals surface area contributed by atoms with Crippen LogP contribution in [0, 0.1) is 0 Å². The summed E-state index contributed by atoms with van der Waals surface area (Å²) in [6.07, 6.45) is 1.76. The molecule has 0 bridgehead atoms. The largest absolute Gasteiger partial charge is 0.486 e. The van der Waals surface area contributed by atoms with Gasteiger partial charge in [0.1, 0.15) is 13.2 Å². The third-order valence-electron chi connectivity index (χ3n) is 5.20. The number of urea groups is 1. The van der Waals surface area contributed by atoms with E-state index < -0.39 is 0 Å². The molecule has 3 heterocycles. The first-order valence-corrected chi connectivity index (χ1v) is 10.00. The Bertz CT molecular complexity index is 1060. The van der Waals surface area contributed by atoms with Gasteiger partial charge in [0.2, 0.25) is 0 Å². The third kappa shape index (κ3) is 3.61. The van der Waals surface area contributed by atoms with Gasteiger partial charge >= 0.3 is 6.03 Å². The number of hydrogen-bond donors (Lipinski definition) is 1. The highest BCUT2D eigenvalue weighted by molar-refractivity contribution is 6.04. The number of aromatic nitrogens is 1. The average Bonchev–Trinajstić information content (AvgIpc) is 2.80. The lowest BCUT2D eigenvalue weighted by Gasteiger charge is -2.36. The monoisotopic (exact) mass is 402 g/mol. The third-order valence-corrected chi connectivity index (χ3v) is 5.20. The number of hydrogen-bond acceptors (Lipinski definition) is 5. The lowest BCUT2D eigenvalue weighted by Crippen LogP contribution is -2.46. The molecule has 152 valence electrons. The van der Waals surface area contributed by atoms with Gasteiger partial charge in [0.05, 0.1) is 5.69 Å². The molecule has 3 aromatic rings. The number of nitrogens with one attached hydrogen (secondary N) is 1. The van der Waals surface area contributed by atoms with E-state index >= 15 is 0 Å². The summed E-state index contributed by atoms with van der Waals surface area (Å²) in [6, 6.07) is 19.3. The van der Waals surface area contributed by atoms with Crippen LogP contribution < -0.4 is 24.6 Å². The molecule has 2 aliphatic heterocycles. The van der Waals surface area contributed by atoms with Gasteiger partial charge in [0, 0.05) is 37.6 Å². The highest BCUT2D eigenvalue weighted by atomic mass is 16.6. The SMILES string of the molecule is O=C(Nc1ccc2c(c1)OCCO2)N1CCN(Cc2ccccc2)c2ncccc21. The first-order valence-electron chi connectivity index (χ1n) is 10.00. The van der Waals surface area contributed by atoms with Crippen molar-refractivity contribution in [1.29, 1.82) is 0 Å².